The molecule has 20 heavy (non-hydrogen) atoms. The molecule has 5 heteroatoms. The molecule has 1 aromatic carbocycles. The minimum Gasteiger partial charge on any atom is -0.397 e. The molecule has 0 aliphatic heterocycles. The van der Waals surface area contributed by atoms with Crippen LogP contribution in [0.1, 0.15) is 19.4 Å². The van der Waals surface area contributed by atoms with E-state index < -0.39 is 0 Å². The Kier molecular flexibility index (Phi) is 7.04. The molecule has 112 valence electrons. The molecule has 0 unspecified atom stereocenters. The average molecular weight is 279 g/mol. The van der Waals surface area contributed by atoms with Crippen molar-refractivity contribution < 1.29 is 9.53 Å². The summed E-state index contributed by atoms with van der Waals surface area (Å²) in [6.45, 7) is 9.17. The number of ether oxygens (including phenoxy) is 1. The fourth-order valence-electron chi connectivity index (χ4n) is 1.93. The number of rotatable bonds is 8. The van der Waals surface area contributed by atoms with Crippen LogP contribution in [-0.2, 0) is 9.53 Å². The topological polar surface area (TPSA) is 67.6 Å². The molecule has 1 amide bonds. The number of nitrogens with one attached hydrogen (secondary N) is 1. The maximum Gasteiger partial charge on any atom is 0.238 e. The lowest BCUT2D eigenvalue weighted by Crippen LogP contribution is -2.35. The Labute approximate surface area is 121 Å². The molecule has 1 aromatic rings. The Hall–Kier alpha value is -1.59. The summed E-state index contributed by atoms with van der Waals surface area (Å²) < 4.78 is 5.31. The van der Waals surface area contributed by atoms with Crippen LogP contribution in [0.15, 0.2) is 18.2 Å². The van der Waals surface area contributed by atoms with Crippen molar-refractivity contribution in [3.8, 4) is 0 Å². The van der Waals surface area contributed by atoms with Crippen LogP contribution in [-0.4, -0.2) is 43.7 Å². The molecule has 0 saturated heterocycles. The summed E-state index contributed by atoms with van der Waals surface area (Å²) in [5, 5.41) is 2.89. The number of amides is 1. The van der Waals surface area contributed by atoms with E-state index in [4.69, 9.17) is 10.5 Å². The SMILES string of the molecule is CCOCCN(CC)CC(=O)Nc1c(C)cccc1N. The van der Waals surface area contributed by atoms with E-state index in [0.29, 0.717) is 31.1 Å². The van der Waals surface area contributed by atoms with Crippen molar-refractivity contribution in [3.63, 3.8) is 0 Å². The molecule has 0 fully saturated rings. The van der Waals surface area contributed by atoms with Crippen LogP contribution < -0.4 is 11.1 Å². The van der Waals surface area contributed by atoms with Crippen LogP contribution in [0.3, 0.4) is 0 Å². The van der Waals surface area contributed by atoms with Gasteiger partial charge >= 0.3 is 0 Å². The number of likely N-dealkylation sites (N-methyl/N-ethyl adjacent to an activating group) is 1. The van der Waals surface area contributed by atoms with E-state index in [0.717, 1.165) is 18.7 Å². The number of nitrogen functional groups attached to an aromatic ring is 1. The monoisotopic (exact) mass is 279 g/mol. The fraction of sp³-hybridized carbons (Fsp3) is 0.533. The second kappa shape index (κ2) is 8.55. The van der Waals surface area contributed by atoms with Gasteiger partial charge in [0.05, 0.1) is 24.5 Å². The molecule has 0 aliphatic carbocycles. The minimum absolute atomic E-state index is 0.0515. The molecule has 5 nitrogen and oxygen atoms in total. The Morgan fingerprint density at radius 1 is 1.40 bits per heavy atom. The third kappa shape index (κ3) is 5.19. The molecule has 0 spiro atoms. The number of hydrogen-bond donors (Lipinski definition) is 2. The first-order valence-corrected chi connectivity index (χ1v) is 7.03. The van der Waals surface area contributed by atoms with E-state index in [2.05, 4.69) is 5.32 Å². The van der Waals surface area contributed by atoms with Crippen LogP contribution >= 0.6 is 0 Å². The van der Waals surface area contributed by atoms with Gasteiger partial charge in [-0.05, 0) is 32.0 Å². The number of anilines is 2. The van der Waals surface area contributed by atoms with E-state index in [-0.39, 0.29) is 5.91 Å². The molecular formula is C15H25N3O2. The summed E-state index contributed by atoms with van der Waals surface area (Å²) in [4.78, 5) is 14.1. The van der Waals surface area contributed by atoms with Crippen molar-refractivity contribution in [3.05, 3.63) is 23.8 Å². The van der Waals surface area contributed by atoms with Crippen molar-refractivity contribution in [2.45, 2.75) is 20.8 Å². The van der Waals surface area contributed by atoms with Gasteiger partial charge in [-0.3, -0.25) is 9.69 Å². The maximum atomic E-state index is 12.1. The van der Waals surface area contributed by atoms with Gasteiger partial charge < -0.3 is 15.8 Å². The largest absolute Gasteiger partial charge is 0.397 e. The Bertz CT molecular complexity index is 415. The molecule has 0 bridgehead atoms. The highest BCUT2D eigenvalue weighted by molar-refractivity contribution is 5.96. The number of nitrogens with zero attached hydrogens (tertiary/aromatic N) is 1. The molecule has 0 aromatic heterocycles. The third-order valence-corrected chi connectivity index (χ3v) is 3.14. The molecule has 3 N–H and O–H groups in total. The quantitative estimate of drug-likeness (QED) is 0.563. The first-order chi connectivity index (χ1) is 9.58. The van der Waals surface area contributed by atoms with E-state index in [1.54, 1.807) is 6.07 Å². The number of carbonyl (C=O) groups is 1. The zero-order chi connectivity index (χ0) is 15.0. The second-order valence-corrected chi connectivity index (χ2v) is 4.65. The van der Waals surface area contributed by atoms with Crippen LogP contribution in [0.5, 0.6) is 0 Å². The van der Waals surface area contributed by atoms with Gasteiger partial charge in [0.25, 0.3) is 0 Å². The first-order valence-electron chi connectivity index (χ1n) is 7.03. The number of carbonyl (C=O) groups excluding carboxylic acids is 1. The highest BCUT2D eigenvalue weighted by Gasteiger charge is 2.11. The number of hydrogen-bond acceptors (Lipinski definition) is 4. The smallest absolute Gasteiger partial charge is 0.238 e. The average Bonchev–Trinajstić information content (AvgIpc) is 2.42. The maximum absolute atomic E-state index is 12.1. The summed E-state index contributed by atoms with van der Waals surface area (Å²) in [5.41, 5.74) is 8.15. The van der Waals surface area contributed by atoms with Crippen LogP contribution in [0.2, 0.25) is 0 Å². The minimum atomic E-state index is -0.0515. The number of benzene rings is 1. The Morgan fingerprint density at radius 3 is 2.75 bits per heavy atom. The van der Waals surface area contributed by atoms with Gasteiger partial charge in [-0.1, -0.05) is 19.1 Å². The molecule has 0 atom stereocenters. The third-order valence-electron chi connectivity index (χ3n) is 3.14. The highest BCUT2D eigenvalue weighted by atomic mass is 16.5. The predicted molar refractivity (Wildman–Crippen MR) is 82.8 cm³/mol. The fourth-order valence-corrected chi connectivity index (χ4v) is 1.93. The standard InChI is InChI=1S/C15H25N3O2/c1-4-18(9-10-20-5-2)11-14(19)17-15-12(3)7-6-8-13(15)16/h6-8H,4-5,9-11,16H2,1-3H3,(H,17,19). The van der Waals surface area contributed by atoms with Crippen molar-refractivity contribution in [1.82, 2.24) is 4.90 Å². The summed E-state index contributed by atoms with van der Waals surface area (Å²) in [6, 6.07) is 5.59. The second-order valence-electron chi connectivity index (χ2n) is 4.65. The number of aryl methyl sites for hydroxylation is 1. The Balaban J connectivity index is 2.53. The lowest BCUT2D eigenvalue weighted by atomic mass is 10.1. The molecule has 1 rings (SSSR count). The zero-order valence-corrected chi connectivity index (χ0v) is 12.6. The van der Waals surface area contributed by atoms with Gasteiger partial charge in [-0.25, -0.2) is 0 Å². The number of para-hydroxylation sites is 1. The molecule has 0 saturated carbocycles. The van der Waals surface area contributed by atoms with E-state index in [1.807, 2.05) is 37.8 Å². The molecular weight excluding hydrogens is 254 g/mol. The van der Waals surface area contributed by atoms with Gasteiger partial charge in [0.15, 0.2) is 0 Å². The lowest BCUT2D eigenvalue weighted by Gasteiger charge is -2.20. The van der Waals surface area contributed by atoms with Gasteiger partial charge in [0.2, 0.25) is 5.91 Å². The summed E-state index contributed by atoms with van der Waals surface area (Å²) in [6.07, 6.45) is 0. The van der Waals surface area contributed by atoms with Gasteiger partial charge in [0, 0.05) is 13.2 Å². The first kappa shape index (κ1) is 16.5. The van der Waals surface area contributed by atoms with Crippen LogP contribution in [0.4, 0.5) is 11.4 Å². The van der Waals surface area contributed by atoms with Gasteiger partial charge in [0.1, 0.15) is 0 Å². The van der Waals surface area contributed by atoms with Gasteiger partial charge in [-0.15, -0.1) is 0 Å². The highest BCUT2D eigenvalue weighted by Crippen LogP contribution is 2.22. The van der Waals surface area contributed by atoms with E-state index >= 15 is 0 Å². The van der Waals surface area contributed by atoms with Crippen LogP contribution in [0.25, 0.3) is 0 Å². The van der Waals surface area contributed by atoms with Crippen LogP contribution in [0, 0.1) is 6.92 Å². The molecule has 0 aliphatic rings. The summed E-state index contributed by atoms with van der Waals surface area (Å²) in [7, 11) is 0. The van der Waals surface area contributed by atoms with E-state index in [9.17, 15) is 4.79 Å². The molecule has 0 heterocycles. The van der Waals surface area contributed by atoms with Crippen molar-refractivity contribution in [2.24, 2.45) is 0 Å². The Morgan fingerprint density at radius 2 is 2.15 bits per heavy atom. The summed E-state index contributed by atoms with van der Waals surface area (Å²) >= 11 is 0. The lowest BCUT2D eigenvalue weighted by molar-refractivity contribution is -0.117. The van der Waals surface area contributed by atoms with Crippen molar-refractivity contribution in [1.29, 1.82) is 0 Å². The number of nitrogens with two attached hydrogens (primary N) is 1. The van der Waals surface area contributed by atoms with Gasteiger partial charge in [-0.2, -0.15) is 0 Å². The normalized spacial score (nSPS) is 10.8. The summed E-state index contributed by atoms with van der Waals surface area (Å²) in [5.74, 6) is -0.0515. The molecule has 0 radical (unpaired) electrons. The predicted octanol–water partition coefficient (Wildman–Crippen LogP) is 1.87. The van der Waals surface area contributed by atoms with Crippen molar-refractivity contribution >= 4 is 17.3 Å². The zero-order valence-electron chi connectivity index (χ0n) is 12.6. The van der Waals surface area contributed by atoms with Crippen molar-refractivity contribution in [2.75, 3.05) is 43.9 Å². The van der Waals surface area contributed by atoms with E-state index in [1.165, 1.54) is 0 Å².